The zero-order valence-corrected chi connectivity index (χ0v) is 13.9. The van der Waals surface area contributed by atoms with Gasteiger partial charge in [0.25, 0.3) is 0 Å². The Morgan fingerprint density at radius 3 is 2.50 bits per heavy atom. The molecule has 3 heteroatoms. The van der Waals surface area contributed by atoms with Crippen molar-refractivity contribution in [3.63, 3.8) is 0 Å². The minimum atomic E-state index is -0.396. The predicted octanol–water partition coefficient (Wildman–Crippen LogP) is 5.30. The second-order valence-corrected chi connectivity index (χ2v) is 6.70. The molecular formula is C17H19BrClN. The van der Waals surface area contributed by atoms with Gasteiger partial charge in [-0.15, -0.1) is 0 Å². The van der Waals surface area contributed by atoms with Crippen LogP contribution in [0.25, 0.3) is 0 Å². The Balaban J connectivity index is 2.00. The molecule has 2 N–H and O–H groups in total. The Morgan fingerprint density at radius 2 is 1.85 bits per heavy atom. The van der Waals surface area contributed by atoms with E-state index in [2.05, 4.69) is 40.2 Å². The highest BCUT2D eigenvalue weighted by Crippen LogP contribution is 2.32. The summed E-state index contributed by atoms with van der Waals surface area (Å²) in [5, 5.41) is 0.726. The van der Waals surface area contributed by atoms with Gasteiger partial charge in [0, 0.05) is 15.0 Å². The monoisotopic (exact) mass is 351 g/mol. The molecule has 2 aromatic rings. The van der Waals surface area contributed by atoms with Crippen molar-refractivity contribution in [3.8, 4) is 0 Å². The molecule has 0 radical (unpaired) electrons. The highest BCUT2D eigenvalue weighted by Gasteiger charge is 2.23. The average molecular weight is 353 g/mol. The van der Waals surface area contributed by atoms with Crippen LogP contribution in [-0.2, 0) is 12.0 Å². The van der Waals surface area contributed by atoms with E-state index >= 15 is 0 Å². The molecule has 2 aromatic carbocycles. The summed E-state index contributed by atoms with van der Waals surface area (Å²) in [6.07, 6.45) is 2.99. The largest absolute Gasteiger partial charge is 0.322 e. The molecule has 0 amide bonds. The zero-order valence-electron chi connectivity index (χ0n) is 11.6. The van der Waals surface area contributed by atoms with E-state index in [-0.39, 0.29) is 0 Å². The van der Waals surface area contributed by atoms with E-state index in [9.17, 15) is 0 Å². The standard InChI is InChI=1S/C17H19BrClN/c1-17(20,15-10-9-14(18)12-16(15)19)11-5-8-13-6-3-2-4-7-13/h2-4,6-7,9-10,12H,5,8,11,20H2,1H3. The summed E-state index contributed by atoms with van der Waals surface area (Å²) in [6.45, 7) is 2.05. The Labute approximate surface area is 134 Å². The van der Waals surface area contributed by atoms with Gasteiger partial charge >= 0.3 is 0 Å². The molecule has 0 spiro atoms. The van der Waals surface area contributed by atoms with Gasteiger partial charge in [-0.05, 0) is 49.4 Å². The SMILES string of the molecule is CC(N)(CCCc1ccccc1)c1ccc(Br)cc1Cl. The molecule has 0 saturated carbocycles. The van der Waals surface area contributed by atoms with Crippen molar-refractivity contribution in [1.82, 2.24) is 0 Å². The average Bonchev–Trinajstić information content (AvgIpc) is 2.39. The van der Waals surface area contributed by atoms with Gasteiger partial charge in [-0.25, -0.2) is 0 Å². The molecule has 0 aliphatic rings. The van der Waals surface area contributed by atoms with Crippen LogP contribution in [0.1, 0.15) is 30.9 Å². The summed E-state index contributed by atoms with van der Waals surface area (Å²) in [5.74, 6) is 0. The number of halogens is 2. The highest BCUT2D eigenvalue weighted by molar-refractivity contribution is 9.10. The van der Waals surface area contributed by atoms with Crippen LogP contribution in [-0.4, -0.2) is 0 Å². The normalized spacial score (nSPS) is 14.0. The second kappa shape index (κ2) is 6.75. The lowest BCUT2D eigenvalue weighted by molar-refractivity contribution is 0.436. The van der Waals surface area contributed by atoms with Crippen LogP contribution in [0.3, 0.4) is 0 Å². The molecule has 2 rings (SSSR count). The predicted molar refractivity (Wildman–Crippen MR) is 90.1 cm³/mol. The van der Waals surface area contributed by atoms with E-state index < -0.39 is 5.54 Å². The maximum atomic E-state index is 6.45. The quantitative estimate of drug-likeness (QED) is 0.776. The smallest absolute Gasteiger partial charge is 0.0467 e. The third-order valence-corrected chi connectivity index (χ3v) is 4.36. The Bertz CT molecular complexity index is 566. The van der Waals surface area contributed by atoms with Gasteiger partial charge in [0.2, 0.25) is 0 Å². The molecule has 106 valence electrons. The lowest BCUT2D eigenvalue weighted by atomic mass is 9.87. The van der Waals surface area contributed by atoms with Gasteiger partial charge in [-0.2, -0.15) is 0 Å². The van der Waals surface area contributed by atoms with Crippen molar-refractivity contribution < 1.29 is 0 Å². The summed E-state index contributed by atoms with van der Waals surface area (Å²) in [6, 6.07) is 16.4. The molecule has 1 atom stereocenters. The minimum Gasteiger partial charge on any atom is -0.322 e. The zero-order chi connectivity index (χ0) is 14.6. The Kier molecular flexibility index (Phi) is 5.25. The molecular weight excluding hydrogens is 334 g/mol. The van der Waals surface area contributed by atoms with Crippen LogP contribution < -0.4 is 5.73 Å². The molecule has 1 nitrogen and oxygen atoms in total. The molecule has 0 saturated heterocycles. The lowest BCUT2D eigenvalue weighted by Crippen LogP contribution is -2.33. The number of aryl methyl sites for hydroxylation is 1. The fourth-order valence-corrected chi connectivity index (χ4v) is 3.28. The fourth-order valence-electron chi connectivity index (χ4n) is 2.39. The van der Waals surface area contributed by atoms with E-state index in [0.29, 0.717) is 0 Å². The van der Waals surface area contributed by atoms with Crippen LogP contribution >= 0.6 is 27.5 Å². The number of benzene rings is 2. The van der Waals surface area contributed by atoms with Crippen molar-refractivity contribution in [1.29, 1.82) is 0 Å². The molecule has 0 heterocycles. The summed E-state index contributed by atoms with van der Waals surface area (Å²) in [4.78, 5) is 0. The maximum Gasteiger partial charge on any atom is 0.0467 e. The van der Waals surface area contributed by atoms with Crippen molar-refractivity contribution in [2.75, 3.05) is 0 Å². The molecule has 1 unspecified atom stereocenters. The van der Waals surface area contributed by atoms with E-state index in [1.807, 2.05) is 31.2 Å². The first-order chi connectivity index (χ1) is 9.49. The maximum absolute atomic E-state index is 6.45. The minimum absolute atomic E-state index is 0.396. The van der Waals surface area contributed by atoms with E-state index in [4.69, 9.17) is 17.3 Å². The number of hydrogen-bond acceptors (Lipinski definition) is 1. The van der Waals surface area contributed by atoms with Crippen molar-refractivity contribution >= 4 is 27.5 Å². The number of rotatable bonds is 5. The van der Waals surface area contributed by atoms with E-state index in [1.165, 1.54) is 5.56 Å². The van der Waals surface area contributed by atoms with Gasteiger partial charge in [-0.3, -0.25) is 0 Å². The first kappa shape index (κ1) is 15.6. The second-order valence-electron chi connectivity index (χ2n) is 5.38. The highest BCUT2D eigenvalue weighted by atomic mass is 79.9. The first-order valence-electron chi connectivity index (χ1n) is 6.77. The van der Waals surface area contributed by atoms with Gasteiger partial charge < -0.3 is 5.73 Å². The van der Waals surface area contributed by atoms with Gasteiger partial charge in [0.1, 0.15) is 0 Å². The molecule has 20 heavy (non-hydrogen) atoms. The molecule has 0 aliphatic heterocycles. The van der Waals surface area contributed by atoms with Gasteiger partial charge in [-0.1, -0.05) is 63.9 Å². The molecule has 0 fully saturated rings. The van der Waals surface area contributed by atoms with Crippen molar-refractivity contribution in [2.45, 2.75) is 31.7 Å². The Hall–Kier alpha value is -0.830. The summed E-state index contributed by atoms with van der Waals surface area (Å²) < 4.78 is 0.978. The van der Waals surface area contributed by atoms with Gasteiger partial charge in [0.05, 0.1) is 0 Å². The van der Waals surface area contributed by atoms with Crippen LogP contribution in [0.15, 0.2) is 53.0 Å². The molecule has 0 bridgehead atoms. The van der Waals surface area contributed by atoms with Crippen molar-refractivity contribution in [2.24, 2.45) is 5.73 Å². The first-order valence-corrected chi connectivity index (χ1v) is 7.94. The number of hydrogen-bond donors (Lipinski definition) is 1. The topological polar surface area (TPSA) is 26.0 Å². The third kappa shape index (κ3) is 4.08. The molecule has 0 aromatic heterocycles. The van der Waals surface area contributed by atoms with Crippen molar-refractivity contribution in [3.05, 3.63) is 69.2 Å². The van der Waals surface area contributed by atoms with Crippen LogP contribution in [0, 0.1) is 0 Å². The number of nitrogens with two attached hydrogens (primary N) is 1. The summed E-state index contributed by atoms with van der Waals surface area (Å²) in [5.41, 5.74) is 8.42. The van der Waals surface area contributed by atoms with Crippen LogP contribution in [0.2, 0.25) is 5.02 Å². The third-order valence-electron chi connectivity index (χ3n) is 3.55. The fraction of sp³-hybridized carbons (Fsp3) is 0.294. The van der Waals surface area contributed by atoms with Gasteiger partial charge in [0.15, 0.2) is 0 Å². The summed E-state index contributed by atoms with van der Waals surface area (Å²) >= 11 is 9.72. The summed E-state index contributed by atoms with van der Waals surface area (Å²) in [7, 11) is 0. The van der Waals surface area contributed by atoms with Crippen LogP contribution in [0.4, 0.5) is 0 Å². The van der Waals surface area contributed by atoms with E-state index in [0.717, 1.165) is 34.3 Å². The Morgan fingerprint density at radius 1 is 1.15 bits per heavy atom. The van der Waals surface area contributed by atoms with Crippen LogP contribution in [0.5, 0.6) is 0 Å². The molecule has 0 aliphatic carbocycles. The van der Waals surface area contributed by atoms with E-state index in [1.54, 1.807) is 0 Å². The lowest BCUT2D eigenvalue weighted by Gasteiger charge is -2.26.